The topological polar surface area (TPSA) is 65.4 Å². The van der Waals surface area contributed by atoms with Gasteiger partial charge in [0.15, 0.2) is 0 Å². The third-order valence-electron chi connectivity index (χ3n) is 3.77. The molecular weight excluding hydrogens is 354 g/mol. The maximum absolute atomic E-state index is 12.4. The molecule has 1 N–H and O–H groups in total. The van der Waals surface area contributed by atoms with Crippen LogP contribution in [0.25, 0.3) is 5.69 Å². The standard InChI is InChI=1S/C19H18ClN3O3/c1-25-17-10-18(26-2)16(9-15(17)20)22-19(24)8-13-11-21-23(12-13)14-6-4-3-5-7-14/h3-7,9-12H,8H2,1-2H3,(H,22,24). The van der Waals surface area contributed by atoms with Gasteiger partial charge in [-0.3, -0.25) is 4.79 Å². The number of amides is 1. The van der Waals surface area contributed by atoms with E-state index in [2.05, 4.69) is 10.4 Å². The predicted octanol–water partition coefficient (Wildman–Crippen LogP) is 3.72. The summed E-state index contributed by atoms with van der Waals surface area (Å²) in [6, 6.07) is 12.9. The molecule has 0 aliphatic heterocycles. The summed E-state index contributed by atoms with van der Waals surface area (Å²) in [4.78, 5) is 12.4. The molecule has 3 aromatic rings. The van der Waals surface area contributed by atoms with Gasteiger partial charge in [-0.2, -0.15) is 5.10 Å². The van der Waals surface area contributed by atoms with E-state index in [0.29, 0.717) is 22.2 Å². The minimum absolute atomic E-state index is 0.180. The molecule has 26 heavy (non-hydrogen) atoms. The number of benzene rings is 2. The molecule has 7 heteroatoms. The van der Waals surface area contributed by atoms with Crippen LogP contribution in [0, 0.1) is 0 Å². The van der Waals surface area contributed by atoms with Gasteiger partial charge in [0.05, 0.1) is 43.2 Å². The van der Waals surface area contributed by atoms with Gasteiger partial charge >= 0.3 is 0 Å². The smallest absolute Gasteiger partial charge is 0.229 e. The summed E-state index contributed by atoms with van der Waals surface area (Å²) in [5, 5.41) is 7.49. The van der Waals surface area contributed by atoms with Crippen LogP contribution in [0.1, 0.15) is 5.56 Å². The number of nitrogens with zero attached hydrogens (tertiary/aromatic N) is 2. The molecule has 0 aliphatic carbocycles. The van der Waals surface area contributed by atoms with Gasteiger partial charge in [-0.1, -0.05) is 29.8 Å². The fourth-order valence-electron chi connectivity index (χ4n) is 2.51. The van der Waals surface area contributed by atoms with Gasteiger partial charge in [-0.05, 0) is 23.8 Å². The third kappa shape index (κ3) is 3.97. The lowest BCUT2D eigenvalue weighted by Gasteiger charge is -2.12. The normalized spacial score (nSPS) is 10.4. The van der Waals surface area contributed by atoms with Crippen LogP contribution in [0.2, 0.25) is 5.02 Å². The van der Waals surface area contributed by atoms with Gasteiger partial charge in [-0.25, -0.2) is 4.68 Å². The van der Waals surface area contributed by atoms with Crippen molar-refractivity contribution in [1.82, 2.24) is 9.78 Å². The minimum atomic E-state index is -0.197. The second-order valence-electron chi connectivity index (χ2n) is 5.54. The molecule has 0 fully saturated rings. The molecule has 1 heterocycles. The van der Waals surface area contributed by atoms with Crippen molar-refractivity contribution in [3.8, 4) is 17.2 Å². The number of para-hydroxylation sites is 1. The van der Waals surface area contributed by atoms with Crippen molar-refractivity contribution in [3.63, 3.8) is 0 Å². The molecule has 0 bridgehead atoms. The Balaban J connectivity index is 1.72. The molecular formula is C19H18ClN3O3. The summed E-state index contributed by atoms with van der Waals surface area (Å²) in [5.74, 6) is 0.752. The SMILES string of the molecule is COc1cc(OC)c(NC(=O)Cc2cnn(-c3ccccc3)c2)cc1Cl. The number of halogens is 1. The Morgan fingerprint density at radius 3 is 2.58 bits per heavy atom. The van der Waals surface area contributed by atoms with E-state index in [4.69, 9.17) is 21.1 Å². The largest absolute Gasteiger partial charge is 0.495 e. The van der Waals surface area contributed by atoms with Crippen LogP contribution in [-0.2, 0) is 11.2 Å². The summed E-state index contributed by atoms with van der Waals surface area (Å²) in [6.45, 7) is 0. The fourth-order valence-corrected chi connectivity index (χ4v) is 2.75. The Kier molecular flexibility index (Phi) is 5.43. The lowest BCUT2D eigenvalue weighted by molar-refractivity contribution is -0.115. The quantitative estimate of drug-likeness (QED) is 0.717. The van der Waals surface area contributed by atoms with Gasteiger partial charge in [-0.15, -0.1) is 0 Å². The Morgan fingerprint density at radius 1 is 1.15 bits per heavy atom. The molecule has 0 saturated heterocycles. The second-order valence-corrected chi connectivity index (χ2v) is 5.95. The number of hydrogen-bond donors (Lipinski definition) is 1. The highest BCUT2D eigenvalue weighted by Gasteiger charge is 2.13. The first-order chi connectivity index (χ1) is 12.6. The maximum atomic E-state index is 12.4. The first-order valence-corrected chi connectivity index (χ1v) is 8.29. The minimum Gasteiger partial charge on any atom is -0.495 e. The summed E-state index contributed by atoms with van der Waals surface area (Å²) in [6.07, 6.45) is 3.68. The van der Waals surface area contributed by atoms with Crippen LogP contribution >= 0.6 is 11.6 Å². The molecule has 0 spiro atoms. The number of nitrogens with one attached hydrogen (secondary N) is 1. The van der Waals surface area contributed by atoms with Crippen molar-refractivity contribution in [2.45, 2.75) is 6.42 Å². The highest BCUT2D eigenvalue weighted by molar-refractivity contribution is 6.32. The van der Waals surface area contributed by atoms with E-state index >= 15 is 0 Å². The van der Waals surface area contributed by atoms with Crippen LogP contribution in [0.5, 0.6) is 11.5 Å². The van der Waals surface area contributed by atoms with Crippen molar-refractivity contribution >= 4 is 23.2 Å². The Morgan fingerprint density at radius 2 is 1.88 bits per heavy atom. The Labute approximate surface area is 156 Å². The number of anilines is 1. The van der Waals surface area contributed by atoms with Gasteiger partial charge < -0.3 is 14.8 Å². The van der Waals surface area contributed by atoms with Crippen LogP contribution in [-0.4, -0.2) is 29.9 Å². The van der Waals surface area contributed by atoms with Crippen LogP contribution in [0.3, 0.4) is 0 Å². The Hall–Kier alpha value is -2.99. The van der Waals surface area contributed by atoms with E-state index in [1.54, 1.807) is 23.0 Å². The number of methoxy groups -OCH3 is 2. The van der Waals surface area contributed by atoms with E-state index in [1.807, 2.05) is 36.5 Å². The molecule has 134 valence electrons. The van der Waals surface area contributed by atoms with Gasteiger partial charge in [0.1, 0.15) is 11.5 Å². The monoisotopic (exact) mass is 371 g/mol. The zero-order valence-electron chi connectivity index (χ0n) is 14.4. The van der Waals surface area contributed by atoms with Gasteiger partial charge in [0, 0.05) is 12.3 Å². The first-order valence-electron chi connectivity index (χ1n) is 7.91. The highest BCUT2D eigenvalue weighted by atomic mass is 35.5. The summed E-state index contributed by atoms with van der Waals surface area (Å²) >= 11 is 6.13. The number of aromatic nitrogens is 2. The van der Waals surface area contributed by atoms with E-state index in [0.717, 1.165) is 11.3 Å². The van der Waals surface area contributed by atoms with E-state index in [-0.39, 0.29) is 12.3 Å². The zero-order valence-corrected chi connectivity index (χ0v) is 15.2. The van der Waals surface area contributed by atoms with Crippen molar-refractivity contribution in [1.29, 1.82) is 0 Å². The summed E-state index contributed by atoms with van der Waals surface area (Å²) in [7, 11) is 3.03. The molecule has 0 atom stereocenters. The molecule has 0 unspecified atom stereocenters. The van der Waals surface area contributed by atoms with Crippen molar-refractivity contribution < 1.29 is 14.3 Å². The number of hydrogen-bond acceptors (Lipinski definition) is 4. The van der Waals surface area contributed by atoms with Gasteiger partial charge in [0.2, 0.25) is 5.91 Å². The van der Waals surface area contributed by atoms with Crippen molar-refractivity contribution in [2.24, 2.45) is 0 Å². The fraction of sp³-hybridized carbons (Fsp3) is 0.158. The lowest BCUT2D eigenvalue weighted by atomic mass is 10.2. The summed E-state index contributed by atoms with van der Waals surface area (Å²) in [5.41, 5.74) is 2.21. The average molecular weight is 372 g/mol. The molecule has 1 aromatic heterocycles. The number of carbonyl (C=O) groups excluding carboxylic acids is 1. The van der Waals surface area contributed by atoms with Crippen molar-refractivity contribution in [3.05, 3.63) is 65.4 Å². The lowest BCUT2D eigenvalue weighted by Crippen LogP contribution is -2.15. The first kappa shape index (κ1) is 17.8. The third-order valence-corrected chi connectivity index (χ3v) is 4.06. The van der Waals surface area contributed by atoms with Crippen LogP contribution in [0.15, 0.2) is 54.9 Å². The van der Waals surface area contributed by atoms with E-state index in [1.165, 1.54) is 14.2 Å². The highest BCUT2D eigenvalue weighted by Crippen LogP contribution is 2.35. The van der Waals surface area contributed by atoms with Gasteiger partial charge in [0.25, 0.3) is 0 Å². The second kappa shape index (κ2) is 7.93. The molecule has 0 aliphatic rings. The molecule has 6 nitrogen and oxygen atoms in total. The number of ether oxygens (including phenoxy) is 2. The molecule has 2 aromatic carbocycles. The molecule has 3 rings (SSSR count). The number of rotatable bonds is 6. The molecule has 0 radical (unpaired) electrons. The predicted molar refractivity (Wildman–Crippen MR) is 100 cm³/mol. The average Bonchev–Trinajstić information content (AvgIpc) is 3.11. The number of carbonyl (C=O) groups is 1. The van der Waals surface area contributed by atoms with E-state index in [9.17, 15) is 4.79 Å². The summed E-state index contributed by atoms with van der Waals surface area (Å²) < 4.78 is 12.2. The maximum Gasteiger partial charge on any atom is 0.229 e. The van der Waals surface area contributed by atoms with Crippen LogP contribution in [0.4, 0.5) is 5.69 Å². The Bertz CT molecular complexity index is 910. The van der Waals surface area contributed by atoms with Crippen LogP contribution < -0.4 is 14.8 Å². The molecule has 1 amide bonds. The zero-order chi connectivity index (χ0) is 18.5. The van der Waals surface area contributed by atoms with Crippen molar-refractivity contribution in [2.75, 3.05) is 19.5 Å². The van der Waals surface area contributed by atoms with E-state index < -0.39 is 0 Å². The molecule has 0 saturated carbocycles.